The molecule has 1 fully saturated rings. The number of carbonyl (C=O) groups is 4. The molecule has 0 aliphatic carbocycles. The van der Waals surface area contributed by atoms with E-state index in [1.165, 1.54) is 0 Å². The molecule has 31 heavy (non-hydrogen) atoms. The van der Waals surface area contributed by atoms with Crippen LogP contribution in [0, 0.1) is 5.92 Å². The zero-order valence-corrected chi connectivity index (χ0v) is 16.5. The lowest BCUT2D eigenvalue weighted by Gasteiger charge is -2.19. The van der Waals surface area contributed by atoms with Gasteiger partial charge in [-0.1, -0.05) is 48.5 Å². The van der Waals surface area contributed by atoms with Crippen LogP contribution in [0.1, 0.15) is 27.1 Å². The summed E-state index contributed by atoms with van der Waals surface area (Å²) in [4.78, 5) is 52.6. The van der Waals surface area contributed by atoms with Gasteiger partial charge in [0, 0.05) is 18.4 Å². The van der Waals surface area contributed by atoms with E-state index in [-0.39, 0.29) is 18.9 Å². The van der Waals surface area contributed by atoms with Gasteiger partial charge in [-0.25, -0.2) is 4.90 Å². The average Bonchev–Trinajstić information content (AvgIpc) is 3.30. The molecule has 3 aromatic rings. The molecule has 2 heterocycles. The van der Waals surface area contributed by atoms with Crippen molar-refractivity contribution in [3.8, 4) is 0 Å². The normalized spacial score (nSPS) is 18.1. The van der Waals surface area contributed by atoms with Gasteiger partial charge in [-0.15, -0.1) is 0 Å². The van der Waals surface area contributed by atoms with E-state index in [4.69, 9.17) is 4.74 Å². The van der Waals surface area contributed by atoms with Crippen LogP contribution < -0.4 is 4.90 Å². The molecular weight excluding hydrogens is 396 g/mol. The highest BCUT2D eigenvalue weighted by molar-refractivity contribution is 6.21. The Balaban J connectivity index is 1.28. The van der Waals surface area contributed by atoms with Gasteiger partial charge in [0.05, 0.1) is 22.7 Å². The third-order valence-corrected chi connectivity index (χ3v) is 5.73. The van der Waals surface area contributed by atoms with E-state index in [1.54, 1.807) is 29.2 Å². The summed E-state index contributed by atoms with van der Waals surface area (Å²) in [6.45, 7) is -0.280. The fourth-order valence-electron chi connectivity index (χ4n) is 4.14. The van der Waals surface area contributed by atoms with Crippen molar-refractivity contribution in [2.45, 2.75) is 6.42 Å². The number of esters is 1. The molecule has 2 aliphatic heterocycles. The van der Waals surface area contributed by atoms with Crippen molar-refractivity contribution in [2.75, 3.05) is 18.2 Å². The van der Waals surface area contributed by atoms with Crippen LogP contribution in [0.5, 0.6) is 0 Å². The standard InChI is InChI=1S/C24H18N2O5/c27-21-12-16(13-25(21)20-11-5-7-15-6-1-2-8-17(15)20)24(30)31-14-26-22(28)18-9-3-4-10-19(18)23(26)29/h1-11,16H,12-14H2/t16-/m1/s1. The first-order chi connectivity index (χ1) is 15.0. The molecule has 0 aromatic heterocycles. The minimum absolute atomic E-state index is 0.0180. The molecule has 1 saturated heterocycles. The van der Waals surface area contributed by atoms with Gasteiger partial charge in [-0.05, 0) is 23.6 Å². The second-order valence-electron chi connectivity index (χ2n) is 7.58. The van der Waals surface area contributed by atoms with Crippen LogP contribution >= 0.6 is 0 Å². The smallest absolute Gasteiger partial charge is 0.313 e. The van der Waals surface area contributed by atoms with Crippen LogP contribution in [-0.4, -0.2) is 41.9 Å². The molecule has 0 radical (unpaired) electrons. The predicted octanol–water partition coefficient (Wildman–Crippen LogP) is 2.99. The second kappa shape index (κ2) is 7.36. The van der Waals surface area contributed by atoms with Crippen LogP contribution in [0.2, 0.25) is 0 Å². The highest BCUT2D eigenvalue weighted by atomic mass is 16.5. The summed E-state index contributed by atoms with van der Waals surface area (Å²) >= 11 is 0. The van der Waals surface area contributed by atoms with Gasteiger partial charge in [0.1, 0.15) is 0 Å². The molecule has 0 N–H and O–H groups in total. The van der Waals surface area contributed by atoms with E-state index in [0.29, 0.717) is 11.1 Å². The number of ether oxygens (including phenoxy) is 1. The molecule has 1 atom stereocenters. The van der Waals surface area contributed by atoms with Crippen LogP contribution in [-0.2, 0) is 14.3 Å². The molecule has 7 nitrogen and oxygen atoms in total. The van der Waals surface area contributed by atoms with Crippen molar-refractivity contribution in [1.82, 2.24) is 4.90 Å². The lowest BCUT2D eigenvalue weighted by Crippen LogP contribution is -2.35. The molecule has 0 bridgehead atoms. The van der Waals surface area contributed by atoms with Gasteiger partial charge in [0.2, 0.25) is 5.91 Å². The van der Waals surface area contributed by atoms with E-state index in [1.807, 2.05) is 42.5 Å². The average molecular weight is 414 g/mol. The van der Waals surface area contributed by atoms with Gasteiger partial charge in [0.15, 0.2) is 6.73 Å². The molecule has 0 unspecified atom stereocenters. The maximum Gasteiger partial charge on any atom is 0.313 e. The summed E-state index contributed by atoms with van der Waals surface area (Å²) in [6, 6.07) is 19.9. The summed E-state index contributed by atoms with van der Waals surface area (Å²) in [5, 5.41) is 1.93. The molecule has 3 amide bonds. The summed E-state index contributed by atoms with van der Waals surface area (Å²) in [7, 11) is 0. The molecule has 154 valence electrons. The van der Waals surface area contributed by atoms with Crippen LogP contribution in [0.25, 0.3) is 10.8 Å². The Hall–Kier alpha value is -4.00. The Morgan fingerprint density at radius 1 is 0.871 bits per heavy atom. The van der Waals surface area contributed by atoms with Crippen LogP contribution in [0.4, 0.5) is 5.69 Å². The van der Waals surface area contributed by atoms with Crippen molar-refractivity contribution < 1.29 is 23.9 Å². The Bertz CT molecular complexity index is 1210. The zero-order valence-electron chi connectivity index (χ0n) is 16.5. The number of hydrogen-bond donors (Lipinski definition) is 0. The second-order valence-corrected chi connectivity index (χ2v) is 7.58. The van der Waals surface area contributed by atoms with Crippen LogP contribution in [0.3, 0.4) is 0 Å². The van der Waals surface area contributed by atoms with Crippen molar-refractivity contribution in [3.05, 3.63) is 77.9 Å². The van der Waals surface area contributed by atoms with Gasteiger partial charge < -0.3 is 9.64 Å². The minimum Gasteiger partial charge on any atom is -0.443 e. The lowest BCUT2D eigenvalue weighted by molar-refractivity contribution is -0.151. The first-order valence-electron chi connectivity index (χ1n) is 9.94. The Kier molecular flexibility index (Phi) is 4.51. The fraction of sp³-hybridized carbons (Fsp3) is 0.167. The molecular formula is C24H18N2O5. The van der Waals surface area contributed by atoms with E-state index >= 15 is 0 Å². The van der Waals surface area contributed by atoms with E-state index in [2.05, 4.69) is 0 Å². The number of benzene rings is 3. The third kappa shape index (κ3) is 3.15. The summed E-state index contributed by atoms with van der Waals surface area (Å²) in [5.74, 6) is -2.42. The van der Waals surface area contributed by atoms with E-state index < -0.39 is 30.4 Å². The van der Waals surface area contributed by atoms with Crippen LogP contribution in [0.15, 0.2) is 66.7 Å². The van der Waals surface area contributed by atoms with Gasteiger partial charge in [-0.3, -0.25) is 19.2 Å². The highest BCUT2D eigenvalue weighted by Gasteiger charge is 2.39. The number of hydrogen-bond acceptors (Lipinski definition) is 5. The van der Waals surface area contributed by atoms with Crippen molar-refractivity contribution in [1.29, 1.82) is 0 Å². The maximum atomic E-state index is 12.6. The number of imide groups is 1. The number of fused-ring (bicyclic) bond motifs is 2. The molecule has 0 spiro atoms. The molecule has 7 heteroatoms. The Labute approximate surface area is 177 Å². The molecule has 5 rings (SSSR count). The topological polar surface area (TPSA) is 84.0 Å². The summed E-state index contributed by atoms with van der Waals surface area (Å²) in [5.41, 5.74) is 1.34. The number of carbonyl (C=O) groups excluding carboxylic acids is 4. The van der Waals surface area contributed by atoms with E-state index in [9.17, 15) is 19.2 Å². The Morgan fingerprint density at radius 3 is 2.26 bits per heavy atom. The maximum absolute atomic E-state index is 12.6. The predicted molar refractivity (Wildman–Crippen MR) is 112 cm³/mol. The first-order valence-corrected chi connectivity index (χ1v) is 9.94. The number of nitrogens with zero attached hydrogens (tertiary/aromatic N) is 2. The van der Waals surface area contributed by atoms with Crippen molar-refractivity contribution >= 4 is 40.2 Å². The third-order valence-electron chi connectivity index (χ3n) is 5.73. The Morgan fingerprint density at radius 2 is 1.52 bits per heavy atom. The van der Waals surface area contributed by atoms with Gasteiger partial charge >= 0.3 is 5.97 Å². The number of amides is 3. The largest absolute Gasteiger partial charge is 0.443 e. The molecule has 3 aromatic carbocycles. The summed E-state index contributed by atoms with van der Waals surface area (Å²) < 4.78 is 5.27. The molecule has 2 aliphatic rings. The monoisotopic (exact) mass is 414 g/mol. The lowest BCUT2D eigenvalue weighted by atomic mass is 10.1. The van der Waals surface area contributed by atoms with Gasteiger partial charge in [0.25, 0.3) is 11.8 Å². The minimum atomic E-state index is -0.665. The summed E-state index contributed by atoms with van der Waals surface area (Å²) in [6.07, 6.45) is 0.0180. The highest BCUT2D eigenvalue weighted by Crippen LogP contribution is 2.32. The quantitative estimate of drug-likeness (QED) is 0.484. The first kappa shape index (κ1) is 19.0. The molecule has 0 saturated carbocycles. The van der Waals surface area contributed by atoms with Gasteiger partial charge in [-0.2, -0.15) is 0 Å². The fourth-order valence-corrected chi connectivity index (χ4v) is 4.14. The van der Waals surface area contributed by atoms with E-state index in [0.717, 1.165) is 21.4 Å². The zero-order chi connectivity index (χ0) is 21.5. The SMILES string of the molecule is O=C(OCN1C(=O)c2ccccc2C1=O)[C@@H]1CC(=O)N(c2cccc3ccccc23)C1. The number of anilines is 1. The van der Waals surface area contributed by atoms with Crippen molar-refractivity contribution in [2.24, 2.45) is 5.92 Å². The number of rotatable bonds is 4. The van der Waals surface area contributed by atoms with Crippen molar-refractivity contribution in [3.63, 3.8) is 0 Å².